The van der Waals surface area contributed by atoms with E-state index >= 15 is 0 Å². The summed E-state index contributed by atoms with van der Waals surface area (Å²) in [5.74, 6) is -1.30. The fourth-order valence-corrected chi connectivity index (χ4v) is 2.88. The molecule has 0 aromatic rings. The van der Waals surface area contributed by atoms with Crippen LogP contribution < -0.4 is 0 Å². The number of hydrogen-bond acceptors (Lipinski definition) is 6. The number of esters is 1. The zero-order chi connectivity index (χ0) is 20.1. The third-order valence-electron chi connectivity index (χ3n) is 4.30. The van der Waals surface area contributed by atoms with Gasteiger partial charge in [-0.1, -0.05) is 13.8 Å². The van der Waals surface area contributed by atoms with Crippen molar-refractivity contribution in [2.75, 3.05) is 33.3 Å². The van der Waals surface area contributed by atoms with Crippen LogP contribution >= 0.6 is 0 Å². The molecule has 0 aliphatic carbocycles. The number of carbonyl (C=O) groups is 3. The smallest absolute Gasteiger partial charge is 0.411 e. The van der Waals surface area contributed by atoms with Crippen LogP contribution in [0, 0.1) is 5.41 Å². The van der Waals surface area contributed by atoms with Crippen LogP contribution in [0.2, 0.25) is 0 Å². The first-order chi connectivity index (χ1) is 11.8. The molecule has 1 rings (SSSR count). The summed E-state index contributed by atoms with van der Waals surface area (Å²) in [6.45, 7) is 11.1. The van der Waals surface area contributed by atoms with Gasteiger partial charge in [-0.25, -0.2) is 9.59 Å². The Morgan fingerprint density at radius 1 is 1.12 bits per heavy atom. The largest absolute Gasteiger partial charge is 0.481 e. The third-order valence-corrected chi connectivity index (χ3v) is 4.30. The molecule has 150 valence electrons. The lowest BCUT2D eigenvalue weighted by molar-refractivity contribution is -0.149. The summed E-state index contributed by atoms with van der Waals surface area (Å²) in [5.41, 5.74) is -0.982. The van der Waals surface area contributed by atoms with Crippen molar-refractivity contribution in [3.63, 3.8) is 0 Å². The summed E-state index contributed by atoms with van der Waals surface area (Å²) >= 11 is 0. The van der Waals surface area contributed by atoms with Gasteiger partial charge in [0.25, 0.3) is 0 Å². The second kappa shape index (κ2) is 8.70. The summed E-state index contributed by atoms with van der Waals surface area (Å²) in [6.07, 6.45) is 0.240. The lowest BCUT2D eigenvalue weighted by Gasteiger charge is -2.41. The topological polar surface area (TPSA) is 96.4 Å². The first kappa shape index (κ1) is 22.2. The van der Waals surface area contributed by atoms with E-state index in [0.29, 0.717) is 32.6 Å². The van der Waals surface area contributed by atoms with Crippen molar-refractivity contribution >= 4 is 18.0 Å². The fraction of sp³-hybridized carbons (Fsp3) is 0.833. The molecule has 0 radical (unpaired) electrons. The quantitative estimate of drug-likeness (QED) is 0.712. The molecule has 0 saturated carbocycles. The van der Waals surface area contributed by atoms with Crippen LogP contribution in [0.15, 0.2) is 0 Å². The predicted molar refractivity (Wildman–Crippen MR) is 95.8 cm³/mol. The third kappa shape index (κ3) is 7.19. The molecule has 8 heteroatoms. The molecule has 1 amide bonds. The van der Waals surface area contributed by atoms with Crippen LogP contribution in [0.4, 0.5) is 4.79 Å². The Bertz CT molecular complexity index is 526. The number of piperazine rings is 1. The van der Waals surface area contributed by atoms with Gasteiger partial charge < -0.3 is 14.6 Å². The SMILES string of the molecule is COC(=O)C1CN(CCC(C)(C)CC(=O)O)CCN1C(=O)OC(C)(C)C. The molecule has 1 saturated heterocycles. The lowest BCUT2D eigenvalue weighted by Crippen LogP contribution is -2.59. The monoisotopic (exact) mass is 372 g/mol. The highest BCUT2D eigenvalue weighted by molar-refractivity contribution is 5.82. The minimum atomic E-state index is -0.822. The van der Waals surface area contributed by atoms with E-state index < -0.39 is 29.7 Å². The van der Waals surface area contributed by atoms with Crippen molar-refractivity contribution < 1.29 is 29.0 Å². The van der Waals surface area contributed by atoms with Gasteiger partial charge in [-0.05, 0) is 39.2 Å². The molecular weight excluding hydrogens is 340 g/mol. The number of amides is 1. The van der Waals surface area contributed by atoms with Gasteiger partial charge in [0, 0.05) is 19.6 Å². The Morgan fingerprint density at radius 3 is 2.23 bits per heavy atom. The van der Waals surface area contributed by atoms with Crippen molar-refractivity contribution in [2.24, 2.45) is 5.41 Å². The predicted octanol–water partition coefficient (Wildman–Crippen LogP) is 1.97. The molecule has 1 heterocycles. The van der Waals surface area contributed by atoms with E-state index in [0.717, 1.165) is 0 Å². The summed E-state index contributed by atoms with van der Waals surface area (Å²) in [5, 5.41) is 8.99. The Morgan fingerprint density at radius 2 is 1.73 bits per heavy atom. The standard InChI is InChI=1S/C18H32N2O6/c1-17(2,3)26-16(24)20-10-9-19(12-13(20)15(23)25-6)8-7-18(4,5)11-14(21)22/h13H,7-12H2,1-6H3,(H,21,22). The van der Waals surface area contributed by atoms with Crippen LogP contribution in [0.5, 0.6) is 0 Å². The number of carboxylic acids is 1. The molecule has 1 fully saturated rings. The maximum Gasteiger partial charge on any atom is 0.411 e. The van der Waals surface area contributed by atoms with E-state index in [1.54, 1.807) is 20.8 Å². The summed E-state index contributed by atoms with van der Waals surface area (Å²) in [4.78, 5) is 39.0. The average molecular weight is 372 g/mol. The molecule has 1 aliphatic heterocycles. The minimum absolute atomic E-state index is 0.0886. The Hall–Kier alpha value is -1.83. The summed E-state index contributed by atoms with van der Waals surface area (Å²) in [7, 11) is 1.30. The van der Waals surface area contributed by atoms with Crippen LogP contribution in [0.25, 0.3) is 0 Å². The molecule has 1 aliphatic rings. The number of hydrogen-bond donors (Lipinski definition) is 1. The summed E-state index contributed by atoms with van der Waals surface area (Å²) in [6, 6.07) is -0.730. The van der Waals surface area contributed by atoms with E-state index in [1.807, 2.05) is 13.8 Å². The van der Waals surface area contributed by atoms with Crippen molar-refractivity contribution in [2.45, 2.75) is 59.1 Å². The molecule has 1 unspecified atom stereocenters. The highest BCUT2D eigenvalue weighted by atomic mass is 16.6. The first-order valence-electron chi connectivity index (χ1n) is 8.86. The lowest BCUT2D eigenvalue weighted by atomic mass is 9.85. The number of aliphatic carboxylic acids is 1. The molecule has 0 aromatic carbocycles. The number of ether oxygens (including phenoxy) is 2. The maximum atomic E-state index is 12.4. The second-order valence-corrected chi connectivity index (χ2v) is 8.50. The van der Waals surface area contributed by atoms with Gasteiger partial charge in [-0.2, -0.15) is 0 Å². The second-order valence-electron chi connectivity index (χ2n) is 8.50. The van der Waals surface area contributed by atoms with Crippen molar-refractivity contribution in [3.05, 3.63) is 0 Å². The van der Waals surface area contributed by atoms with E-state index in [2.05, 4.69) is 4.90 Å². The van der Waals surface area contributed by atoms with Gasteiger partial charge in [-0.15, -0.1) is 0 Å². The summed E-state index contributed by atoms with van der Waals surface area (Å²) < 4.78 is 10.2. The van der Waals surface area contributed by atoms with Crippen molar-refractivity contribution in [1.29, 1.82) is 0 Å². The molecule has 26 heavy (non-hydrogen) atoms. The number of nitrogens with zero attached hydrogens (tertiary/aromatic N) is 2. The Balaban J connectivity index is 2.74. The van der Waals surface area contributed by atoms with Crippen molar-refractivity contribution in [1.82, 2.24) is 9.80 Å². The fourth-order valence-electron chi connectivity index (χ4n) is 2.88. The zero-order valence-corrected chi connectivity index (χ0v) is 16.7. The highest BCUT2D eigenvalue weighted by Gasteiger charge is 2.38. The number of methoxy groups -OCH3 is 1. The molecule has 1 atom stereocenters. The van der Waals surface area contributed by atoms with E-state index in [-0.39, 0.29) is 11.8 Å². The average Bonchev–Trinajstić information content (AvgIpc) is 2.49. The molecule has 0 aromatic heterocycles. The van der Waals surface area contributed by atoms with Crippen LogP contribution in [-0.2, 0) is 19.1 Å². The van der Waals surface area contributed by atoms with E-state index in [1.165, 1.54) is 12.0 Å². The van der Waals surface area contributed by atoms with E-state index in [4.69, 9.17) is 14.6 Å². The molecule has 1 N–H and O–H groups in total. The highest BCUT2D eigenvalue weighted by Crippen LogP contribution is 2.26. The molecule has 8 nitrogen and oxygen atoms in total. The molecule has 0 spiro atoms. The number of carbonyl (C=O) groups excluding carboxylic acids is 2. The van der Waals surface area contributed by atoms with Gasteiger partial charge in [0.05, 0.1) is 13.5 Å². The van der Waals surface area contributed by atoms with Crippen LogP contribution in [0.1, 0.15) is 47.5 Å². The van der Waals surface area contributed by atoms with Gasteiger partial charge in [0.1, 0.15) is 11.6 Å². The number of rotatable bonds is 6. The van der Waals surface area contributed by atoms with Crippen LogP contribution in [-0.4, -0.2) is 77.9 Å². The van der Waals surface area contributed by atoms with Gasteiger partial charge in [-0.3, -0.25) is 14.6 Å². The van der Waals surface area contributed by atoms with E-state index in [9.17, 15) is 14.4 Å². The first-order valence-corrected chi connectivity index (χ1v) is 8.86. The number of carboxylic acid groups (broad SMARTS) is 1. The Kier molecular flexibility index (Phi) is 7.44. The maximum absolute atomic E-state index is 12.4. The zero-order valence-electron chi connectivity index (χ0n) is 16.7. The molecule has 0 bridgehead atoms. The van der Waals surface area contributed by atoms with Gasteiger partial charge in [0.2, 0.25) is 0 Å². The normalized spacial score (nSPS) is 19.2. The van der Waals surface area contributed by atoms with Gasteiger partial charge >= 0.3 is 18.0 Å². The Labute approximate surface area is 155 Å². The van der Waals surface area contributed by atoms with Gasteiger partial charge in [0.15, 0.2) is 0 Å². The minimum Gasteiger partial charge on any atom is -0.481 e. The van der Waals surface area contributed by atoms with Crippen molar-refractivity contribution in [3.8, 4) is 0 Å². The van der Waals surface area contributed by atoms with Crippen LogP contribution in [0.3, 0.4) is 0 Å². The molecular formula is C18H32N2O6.